The summed E-state index contributed by atoms with van der Waals surface area (Å²) in [6.07, 6.45) is 4.10. The molecule has 0 bridgehead atoms. The summed E-state index contributed by atoms with van der Waals surface area (Å²) in [5.74, 6) is -0.208. The smallest absolute Gasteiger partial charge is 0.309 e. The summed E-state index contributed by atoms with van der Waals surface area (Å²) in [6.45, 7) is 6.99. The molecule has 0 N–H and O–H groups in total. The second-order valence-corrected chi connectivity index (χ2v) is 10.1. The van der Waals surface area contributed by atoms with Crippen molar-refractivity contribution in [1.82, 2.24) is 0 Å². The van der Waals surface area contributed by atoms with Gasteiger partial charge in [0.05, 0.1) is 21.6 Å². The minimum Gasteiger partial charge on any atom is -0.469 e. The molecule has 0 fully saturated rings. The fourth-order valence-corrected chi connectivity index (χ4v) is 2.64. The summed E-state index contributed by atoms with van der Waals surface area (Å²) in [4.78, 5) is 10.9. The van der Waals surface area contributed by atoms with E-state index in [4.69, 9.17) is 0 Å². The molecule has 0 aliphatic rings. The van der Waals surface area contributed by atoms with E-state index in [1.54, 1.807) is 0 Å². The van der Waals surface area contributed by atoms with E-state index < -0.39 is 8.07 Å². The van der Waals surface area contributed by atoms with Crippen LogP contribution in [0.15, 0.2) is 30.3 Å². The van der Waals surface area contributed by atoms with Gasteiger partial charge in [-0.05, 0) is 5.56 Å². The van der Waals surface area contributed by atoms with Crippen molar-refractivity contribution in [1.29, 1.82) is 0 Å². The lowest BCUT2D eigenvalue weighted by Gasteiger charge is -2.16. The maximum atomic E-state index is 10.9. The van der Waals surface area contributed by atoms with Crippen LogP contribution in [0.5, 0.6) is 0 Å². The highest BCUT2D eigenvalue weighted by Crippen LogP contribution is 2.06. The number of carbonyl (C=O) groups excluding carboxylic acids is 1. The van der Waals surface area contributed by atoms with E-state index in [9.17, 15) is 4.79 Å². The molecule has 1 rings (SSSR count). The van der Waals surface area contributed by atoms with Crippen LogP contribution in [-0.2, 0) is 9.53 Å². The van der Waals surface area contributed by atoms with Crippen molar-refractivity contribution in [2.75, 3.05) is 7.11 Å². The Morgan fingerprint density at radius 2 is 1.82 bits per heavy atom. The van der Waals surface area contributed by atoms with Gasteiger partial charge in [-0.2, -0.15) is 0 Å². The van der Waals surface area contributed by atoms with Crippen molar-refractivity contribution < 1.29 is 9.53 Å². The molecule has 0 atom stereocenters. The molecule has 0 amide bonds. The van der Waals surface area contributed by atoms with E-state index in [1.165, 1.54) is 12.3 Å². The molecule has 92 valence electrons. The average molecular weight is 248 g/mol. The Balaban J connectivity index is 2.66. The molecule has 0 saturated heterocycles. The van der Waals surface area contributed by atoms with Crippen LogP contribution in [0.4, 0.5) is 0 Å². The molecular weight excluding hydrogens is 228 g/mol. The highest BCUT2D eigenvalue weighted by molar-refractivity contribution is 6.88. The first-order valence-electron chi connectivity index (χ1n) is 5.77. The topological polar surface area (TPSA) is 26.3 Å². The van der Waals surface area contributed by atoms with Gasteiger partial charge in [0.25, 0.3) is 0 Å². The third kappa shape index (κ3) is 4.57. The average Bonchev–Trinajstić information content (AvgIpc) is 2.28. The SMILES string of the molecule is COC(=O)CC=Cc1ccc([Si](C)(C)C)cc1. The third-order valence-electron chi connectivity index (χ3n) is 2.60. The molecule has 2 nitrogen and oxygen atoms in total. The van der Waals surface area contributed by atoms with Gasteiger partial charge in [-0.25, -0.2) is 0 Å². The van der Waals surface area contributed by atoms with Crippen molar-refractivity contribution in [2.24, 2.45) is 0 Å². The Hall–Kier alpha value is -1.35. The first-order chi connectivity index (χ1) is 7.93. The van der Waals surface area contributed by atoms with Crippen LogP contribution in [0.3, 0.4) is 0 Å². The lowest BCUT2D eigenvalue weighted by molar-refractivity contribution is -0.139. The van der Waals surface area contributed by atoms with Crippen LogP contribution >= 0.6 is 0 Å². The van der Waals surface area contributed by atoms with Crippen LogP contribution in [-0.4, -0.2) is 21.2 Å². The molecule has 0 radical (unpaired) electrons. The van der Waals surface area contributed by atoms with Gasteiger partial charge in [0.15, 0.2) is 0 Å². The van der Waals surface area contributed by atoms with Crippen LogP contribution in [0.25, 0.3) is 6.08 Å². The summed E-state index contributed by atoms with van der Waals surface area (Å²) < 4.78 is 4.57. The maximum Gasteiger partial charge on any atom is 0.309 e. The second kappa shape index (κ2) is 5.82. The van der Waals surface area contributed by atoms with Gasteiger partial charge >= 0.3 is 5.97 Å². The summed E-state index contributed by atoms with van der Waals surface area (Å²) >= 11 is 0. The van der Waals surface area contributed by atoms with Crippen molar-refractivity contribution in [2.45, 2.75) is 26.1 Å². The predicted octanol–water partition coefficient (Wildman–Crippen LogP) is 2.81. The van der Waals surface area contributed by atoms with Gasteiger partial charge < -0.3 is 4.74 Å². The number of hydrogen-bond acceptors (Lipinski definition) is 2. The molecule has 1 aromatic rings. The zero-order chi connectivity index (χ0) is 12.9. The molecule has 17 heavy (non-hydrogen) atoms. The number of rotatable bonds is 4. The summed E-state index contributed by atoms with van der Waals surface area (Å²) in [7, 11) is 0.192. The maximum absolute atomic E-state index is 10.9. The molecule has 1 aromatic carbocycles. The molecule has 0 aromatic heterocycles. The molecule has 0 heterocycles. The van der Waals surface area contributed by atoms with Gasteiger partial charge in [0, 0.05) is 0 Å². The lowest BCUT2D eigenvalue weighted by atomic mass is 10.2. The number of benzene rings is 1. The standard InChI is InChI=1S/C14H20O2Si/c1-16-14(15)7-5-6-12-8-10-13(11-9-12)17(2,3)4/h5-6,8-11H,7H2,1-4H3. The van der Waals surface area contributed by atoms with E-state index in [-0.39, 0.29) is 5.97 Å². The number of ether oxygens (including phenoxy) is 1. The van der Waals surface area contributed by atoms with E-state index in [1.807, 2.05) is 12.2 Å². The van der Waals surface area contributed by atoms with Gasteiger partial charge in [0.2, 0.25) is 0 Å². The number of esters is 1. The number of carbonyl (C=O) groups is 1. The van der Waals surface area contributed by atoms with Gasteiger partial charge in [-0.3, -0.25) is 4.79 Å². The van der Waals surface area contributed by atoms with Crippen LogP contribution in [0.1, 0.15) is 12.0 Å². The zero-order valence-corrected chi connectivity index (χ0v) is 12.0. The van der Waals surface area contributed by atoms with Gasteiger partial charge in [-0.15, -0.1) is 0 Å². The van der Waals surface area contributed by atoms with Gasteiger partial charge in [-0.1, -0.05) is 61.2 Å². The minimum atomic E-state index is -1.21. The van der Waals surface area contributed by atoms with Crippen LogP contribution < -0.4 is 5.19 Å². The van der Waals surface area contributed by atoms with Crippen LogP contribution in [0.2, 0.25) is 19.6 Å². The van der Waals surface area contributed by atoms with Crippen molar-refractivity contribution >= 4 is 25.3 Å². The number of hydrogen-bond donors (Lipinski definition) is 0. The molecule has 0 aliphatic heterocycles. The first kappa shape index (κ1) is 13.7. The first-order valence-corrected chi connectivity index (χ1v) is 9.27. The van der Waals surface area contributed by atoms with Gasteiger partial charge in [0.1, 0.15) is 0 Å². The van der Waals surface area contributed by atoms with Crippen molar-refractivity contribution in [3.8, 4) is 0 Å². The van der Waals surface area contributed by atoms with E-state index in [2.05, 4.69) is 48.6 Å². The lowest BCUT2D eigenvalue weighted by Crippen LogP contribution is -2.37. The molecular formula is C14H20O2Si. The third-order valence-corrected chi connectivity index (χ3v) is 4.66. The Morgan fingerprint density at radius 1 is 1.24 bits per heavy atom. The fourth-order valence-electron chi connectivity index (χ4n) is 1.47. The zero-order valence-electron chi connectivity index (χ0n) is 11.0. The summed E-state index contributed by atoms with van der Waals surface area (Å²) in [5, 5.41) is 1.45. The Bertz CT molecular complexity index is 399. The second-order valence-electron chi connectivity index (χ2n) is 5.05. The Morgan fingerprint density at radius 3 is 2.29 bits per heavy atom. The van der Waals surface area contributed by atoms with Crippen molar-refractivity contribution in [3.05, 3.63) is 35.9 Å². The largest absolute Gasteiger partial charge is 0.469 e. The number of methoxy groups -OCH3 is 1. The molecule has 0 aliphatic carbocycles. The predicted molar refractivity (Wildman–Crippen MR) is 75.1 cm³/mol. The Kier molecular flexibility index (Phi) is 4.69. The summed E-state index contributed by atoms with van der Waals surface area (Å²) in [5.41, 5.74) is 1.12. The molecule has 0 saturated carbocycles. The van der Waals surface area contributed by atoms with Crippen molar-refractivity contribution in [3.63, 3.8) is 0 Å². The molecule has 0 unspecified atom stereocenters. The van der Waals surface area contributed by atoms with E-state index in [0.29, 0.717) is 6.42 Å². The summed E-state index contributed by atoms with van der Waals surface area (Å²) in [6, 6.07) is 8.57. The van der Waals surface area contributed by atoms with Crippen LogP contribution in [0, 0.1) is 0 Å². The molecule has 0 spiro atoms. The molecule has 3 heteroatoms. The Labute approximate surface area is 104 Å². The minimum absolute atomic E-state index is 0.208. The highest BCUT2D eigenvalue weighted by Gasteiger charge is 2.15. The normalized spacial score (nSPS) is 11.8. The van der Waals surface area contributed by atoms with E-state index >= 15 is 0 Å². The quantitative estimate of drug-likeness (QED) is 0.605. The monoisotopic (exact) mass is 248 g/mol. The van der Waals surface area contributed by atoms with E-state index in [0.717, 1.165) is 5.56 Å². The fraction of sp³-hybridized carbons (Fsp3) is 0.357. The highest BCUT2D eigenvalue weighted by atomic mass is 28.3.